The molecule has 1 aromatic heterocycles. The van der Waals surface area contributed by atoms with Crippen LogP contribution in [0.3, 0.4) is 0 Å². The lowest BCUT2D eigenvalue weighted by atomic mass is 9.87. The molecule has 0 bridgehead atoms. The van der Waals surface area contributed by atoms with E-state index in [4.69, 9.17) is 48.0 Å². The maximum absolute atomic E-state index is 14.1. The first-order chi connectivity index (χ1) is 39.8. The molecule has 0 unspecified atom stereocenters. The fourth-order valence-electron chi connectivity index (χ4n) is 9.33. The van der Waals surface area contributed by atoms with Gasteiger partial charge in [-0.1, -0.05) is 48.8 Å². The lowest BCUT2D eigenvalue weighted by Crippen LogP contribution is -2.30. The lowest BCUT2D eigenvalue weighted by Gasteiger charge is -2.27. The largest absolute Gasteiger partial charge is 0.494 e. The third-order valence-corrected chi connectivity index (χ3v) is 14.9. The highest BCUT2D eigenvalue weighted by Crippen LogP contribution is 2.33. The first-order valence-electron chi connectivity index (χ1n) is 28.2. The van der Waals surface area contributed by atoms with E-state index in [1.807, 2.05) is 31.2 Å². The summed E-state index contributed by atoms with van der Waals surface area (Å²) in [5.74, 6) is -1.54. The van der Waals surface area contributed by atoms with E-state index in [0.717, 1.165) is 79.3 Å². The van der Waals surface area contributed by atoms with Crippen molar-refractivity contribution in [3.05, 3.63) is 145 Å². The molecule has 2 aliphatic carbocycles. The number of unbranched alkanes of at least 4 members (excludes halogenated alkanes) is 6. The number of benzene rings is 4. The van der Waals surface area contributed by atoms with Gasteiger partial charge in [0.15, 0.2) is 0 Å². The van der Waals surface area contributed by atoms with Gasteiger partial charge in [-0.15, -0.1) is 0 Å². The molecule has 0 amide bonds. The van der Waals surface area contributed by atoms with E-state index in [2.05, 4.69) is 19.7 Å². The maximum atomic E-state index is 14.1. The van der Waals surface area contributed by atoms with Gasteiger partial charge in [-0.05, 0) is 189 Å². The maximum Gasteiger partial charge on any atom is 0.339 e. The van der Waals surface area contributed by atoms with E-state index < -0.39 is 41.9 Å². The summed E-state index contributed by atoms with van der Waals surface area (Å²) in [4.78, 5) is 81.3. The van der Waals surface area contributed by atoms with Gasteiger partial charge in [0.05, 0.1) is 72.4 Å². The number of fused-ring (bicyclic) bond motifs is 1. The van der Waals surface area contributed by atoms with Crippen molar-refractivity contribution in [1.29, 1.82) is 0 Å². The molecule has 2 saturated carbocycles. The van der Waals surface area contributed by atoms with Crippen molar-refractivity contribution in [3.63, 3.8) is 0 Å². The number of aromatic nitrogens is 1. The topological polar surface area (TPSA) is 205 Å². The highest BCUT2D eigenvalue weighted by molar-refractivity contribution is 7.22. The first kappa shape index (κ1) is 61.5. The number of hydrogen-bond acceptors (Lipinski definition) is 18. The molecule has 17 nitrogen and oxygen atoms in total. The number of hydrazone groups is 1. The number of hydrogen-bond donors (Lipinski definition) is 0. The average Bonchev–Trinajstić information content (AvgIpc) is 4.14. The van der Waals surface area contributed by atoms with Crippen molar-refractivity contribution in [2.24, 2.45) is 16.9 Å². The number of carbonyl (C=O) groups excluding carboxylic acids is 6. The molecule has 5 aromatic rings. The molecule has 82 heavy (non-hydrogen) atoms. The molecular formula is C64H73N3O14S. The van der Waals surface area contributed by atoms with Crippen LogP contribution in [0.1, 0.15) is 136 Å². The van der Waals surface area contributed by atoms with E-state index in [9.17, 15) is 28.8 Å². The standard InChI is InChI=1S/C64H73N3O14S/c1-5-58(68)76-39-15-9-7-13-37-74-49-25-19-45(20-26-49)60(70)78-51-27-21-47(22-28-51)62(72)81-54-35-36-55(48(41-54)42-65-67(43-44(3)4)64-66-56-17-11-12-18-57(56)82-64)63(73)80-52-29-23-46(24-30-52)61(71)79-53-33-31-50(32-34-53)75-38-14-8-10-16-40-77-59(69)6-2/h5-6,11-12,17-20,25-26,31-36,41-42,46-47,51-52H,1-3,7-10,13-16,21-24,27-30,37-40,43H2,4H3/b65-42+. The number of rotatable bonds is 31. The summed E-state index contributed by atoms with van der Waals surface area (Å²) in [6.45, 7) is 14.9. The summed E-state index contributed by atoms with van der Waals surface area (Å²) in [6, 6.07) is 26.2. The third kappa shape index (κ3) is 19.8. The smallest absolute Gasteiger partial charge is 0.339 e. The quantitative estimate of drug-likeness (QED) is 0.00591. The van der Waals surface area contributed by atoms with Gasteiger partial charge in [0, 0.05) is 17.7 Å². The first-order valence-corrected chi connectivity index (χ1v) is 29.0. The normalized spacial score (nSPS) is 16.7. The van der Waals surface area contributed by atoms with E-state index in [1.165, 1.54) is 17.6 Å². The molecule has 0 saturated heterocycles. The van der Waals surface area contributed by atoms with Crippen LogP contribution < -0.4 is 24.0 Å². The van der Waals surface area contributed by atoms with Crippen LogP contribution in [0.5, 0.6) is 23.0 Å². The minimum atomic E-state index is -0.590. The van der Waals surface area contributed by atoms with Gasteiger partial charge in [0.1, 0.15) is 35.2 Å². The predicted octanol–water partition coefficient (Wildman–Crippen LogP) is 12.7. The Hall–Kier alpha value is -8.12. The zero-order valence-corrected chi connectivity index (χ0v) is 47.5. The summed E-state index contributed by atoms with van der Waals surface area (Å²) in [5.41, 5.74) is 2.61. The second-order valence-corrected chi connectivity index (χ2v) is 21.3. The number of esters is 6. The van der Waals surface area contributed by atoms with Crippen LogP contribution in [0, 0.1) is 11.8 Å². The van der Waals surface area contributed by atoms with E-state index >= 15 is 0 Å². The molecule has 2 fully saturated rings. The number of thiazole rings is 1. The van der Waals surface area contributed by atoms with Crippen LogP contribution >= 0.6 is 11.3 Å². The van der Waals surface area contributed by atoms with Crippen molar-refractivity contribution in [2.75, 3.05) is 38.0 Å². The number of carbonyl (C=O) groups is 6. The Morgan fingerprint density at radius 2 is 1.09 bits per heavy atom. The fraction of sp³-hybridized carbons (Fsp3) is 0.406. The minimum Gasteiger partial charge on any atom is -0.494 e. The summed E-state index contributed by atoms with van der Waals surface area (Å²) >= 11 is 1.47. The fourth-order valence-corrected chi connectivity index (χ4v) is 10.3. The van der Waals surface area contributed by atoms with Crippen molar-refractivity contribution in [2.45, 2.75) is 122 Å². The van der Waals surface area contributed by atoms with Crippen molar-refractivity contribution < 1.29 is 66.7 Å². The highest BCUT2D eigenvalue weighted by atomic mass is 32.1. The molecule has 0 aliphatic heterocycles. The van der Waals surface area contributed by atoms with Crippen molar-refractivity contribution >= 4 is 68.7 Å². The van der Waals surface area contributed by atoms with E-state index in [-0.39, 0.29) is 29.3 Å². The molecule has 18 heteroatoms. The van der Waals surface area contributed by atoms with Crippen LogP contribution in [0.15, 0.2) is 134 Å². The number of nitrogens with zero attached hydrogens (tertiary/aromatic N) is 3. The second-order valence-electron chi connectivity index (χ2n) is 20.3. The predicted molar refractivity (Wildman–Crippen MR) is 313 cm³/mol. The van der Waals surface area contributed by atoms with Crippen LogP contribution in [0.25, 0.3) is 10.2 Å². The number of ether oxygens (including phenoxy) is 8. The van der Waals surface area contributed by atoms with Crippen molar-refractivity contribution in [1.82, 2.24) is 4.98 Å². The van der Waals surface area contributed by atoms with Gasteiger partial charge in [-0.2, -0.15) is 5.10 Å². The van der Waals surface area contributed by atoms with Crippen LogP contribution in [0.2, 0.25) is 0 Å². The lowest BCUT2D eigenvalue weighted by molar-refractivity contribution is -0.141. The average molecular weight is 1140 g/mol. The molecule has 0 radical (unpaired) electrons. The summed E-state index contributed by atoms with van der Waals surface area (Å²) in [5, 5.41) is 7.14. The SMILES string of the molecule is C=CC(=O)OCCCCCCOc1ccc(OC(=O)C2CCC(OC(=O)c3ccc(OC(=O)C4CCC(OC(=O)c5ccc(OCCCCCCOC(=O)C=C)cc5)CC4)cc3/C=N/N(CC(=C)C)c3nc4ccccc4s3)CC2)cc1. The Kier molecular flexibility index (Phi) is 24.3. The van der Waals surface area contributed by atoms with Crippen LogP contribution in [-0.2, 0) is 38.1 Å². The van der Waals surface area contributed by atoms with Gasteiger partial charge < -0.3 is 37.9 Å². The zero-order valence-electron chi connectivity index (χ0n) is 46.6. The molecule has 1 heterocycles. The second kappa shape index (κ2) is 32.4. The molecule has 0 atom stereocenters. The Balaban J connectivity index is 0.898. The molecule has 2 aliphatic rings. The van der Waals surface area contributed by atoms with E-state index in [0.29, 0.717) is 118 Å². The minimum absolute atomic E-state index is 0.208. The molecule has 0 spiro atoms. The monoisotopic (exact) mass is 1140 g/mol. The Labute approximate surface area is 483 Å². The summed E-state index contributed by atoms with van der Waals surface area (Å²) < 4.78 is 46.3. The number of anilines is 1. The van der Waals surface area contributed by atoms with E-state index in [1.54, 1.807) is 71.7 Å². The molecule has 4 aromatic carbocycles. The zero-order chi connectivity index (χ0) is 58.1. The Morgan fingerprint density at radius 1 is 0.598 bits per heavy atom. The van der Waals surface area contributed by atoms with Gasteiger partial charge in [0.2, 0.25) is 5.13 Å². The Morgan fingerprint density at radius 3 is 1.62 bits per heavy atom. The summed E-state index contributed by atoms with van der Waals surface area (Å²) in [7, 11) is 0. The van der Waals surface area contributed by atoms with Gasteiger partial charge in [-0.3, -0.25) is 9.59 Å². The Bertz CT molecular complexity index is 2960. The molecule has 434 valence electrons. The van der Waals surface area contributed by atoms with Crippen molar-refractivity contribution in [3.8, 4) is 23.0 Å². The molecule has 7 rings (SSSR count). The van der Waals surface area contributed by atoms with Gasteiger partial charge >= 0.3 is 35.8 Å². The number of para-hydroxylation sites is 1. The molecular weight excluding hydrogens is 1070 g/mol. The van der Waals surface area contributed by atoms with Gasteiger partial charge in [-0.25, -0.2) is 29.2 Å². The highest BCUT2D eigenvalue weighted by Gasteiger charge is 2.32. The van der Waals surface area contributed by atoms with Crippen LogP contribution in [-0.4, -0.2) is 92.2 Å². The third-order valence-electron chi connectivity index (χ3n) is 13.9. The summed E-state index contributed by atoms with van der Waals surface area (Å²) in [6.07, 6.45) is 13.6. The van der Waals surface area contributed by atoms with Crippen LogP contribution in [0.4, 0.5) is 5.13 Å². The molecule has 0 N–H and O–H groups in total. The van der Waals surface area contributed by atoms with Gasteiger partial charge in [0.25, 0.3) is 0 Å².